The minimum atomic E-state index is -0.0351. The third kappa shape index (κ3) is 5.93. The second-order valence-electron chi connectivity index (χ2n) is 5.34. The van der Waals surface area contributed by atoms with Gasteiger partial charge in [-0.1, -0.05) is 44.7 Å². The molecule has 2 unspecified atom stereocenters. The first-order valence-electron chi connectivity index (χ1n) is 7.70. The molecular formula is C17H29NO2. The van der Waals surface area contributed by atoms with Gasteiger partial charge in [0, 0.05) is 12.6 Å². The van der Waals surface area contributed by atoms with E-state index < -0.39 is 0 Å². The summed E-state index contributed by atoms with van der Waals surface area (Å²) >= 11 is 0. The monoisotopic (exact) mass is 279 g/mol. The highest BCUT2D eigenvalue weighted by molar-refractivity contribution is 5.29. The molecule has 0 aliphatic carbocycles. The number of hydrogen-bond donors (Lipinski definition) is 1. The van der Waals surface area contributed by atoms with Crippen LogP contribution in [0.3, 0.4) is 0 Å². The summed E-state index contributed by atoms with van der Waals surface area (Å²) in [7, 11) is 1.67. The van der Waals surface area contributed by atoms with Gasteiger partial charge in [-0.2, -0.15) is 0 Å². The van der Waals surface area contributed by atoms with E-state index in [-0.39, 0.29) is 12.1 Å². The highest BCUT2D eigenvalue weighted by atomic mass is 16.5. The Kier molecular flexibility index (Phi) is 8.31. The number of unbranched alkanes of at least 4 members (excludes halogenated alkanes) is 4. The van der Waals surface area contributed by atoms with Crippen LogP contribution in [0.2, 0.25) is 0 Å². The fourth-order valence-electron chi connectivity index (χ4n) is 2.26. The Bertz CT molecular complexity index is 349. The second-order valence-corrected chi connectivity index (χ2v) is 5.34. The molecule has 1 rings (SSSR count). The zero-order chi connectivity index (χ0) is 14.8. The molecule has 0 saturated heterocycles. The average molecular weight is 279 g/mol. The van der Waals surface area contributed by atoms with Crippen LogP contribution in [-0.2, 0) is 4.74 Å². The first-order chi connectivity index (χ1) is 9.69. The molecule has 0 radical (unpaired) electrons. The molecule has 0 spiro atoms. The smallest absolute Gasteiger partial charge is 0.118 e. The van der Waals surface area contributed by atoms with Gasteiger partial charge in [0.2, 0.25) is 0 Å². The molecule has 0 heterocycles. The molecule has 2 atom stereocenters. The van der Waals surface area contributed by atoms with E-state index in [1.54, 1.807) is 7.11 Å². The molecule has 114 valence electrons. The summed E-state index contributed by atoms with van der Waals surface area (Å²) in [5.74, 6) is 0.858. The second kappa shape index (κ2) is 9.78. The Labute approximate surface area is 123 Å². The molecule has 0 bridgehead atoms. The van der Waals surface area contributed by atoms with Gasteiger partial charge in [-0.3, -0.25) is 0 Å². The van der Waals surface area contributed by atoms with Crippen molar-refractivity contribution in [3.05, 3.63) is 29.8 Å². The van der Waals surface area contributed by atoms with Crippen LogP contribution in [-0.4, -0.2) is 19.8 Å². The van der Waals surface area contributed by atoms with E-state index in [0.717, 1.165) is 24.3 Å². The molecule has 0 fully saturated rings. The lowest BCUT2D eigenvalue weighted by molar-refractivity contribution is 0.0358. The molecule has 1 aromatic carbocycles. The fourth-order valence-corrected chi connectivity index (χ4v) is 2.26. The van der Waals surface area contributed by atoms with Gasteiger partial charge in [0.05, 0.1) is 13.2 Å². The Morgan fingerprint density at radius 3 is 2.25 bits per heavy atom. The van der Waals surface area contributed by atoms with Crippen molar-refractivity contribution in [2.45, 2.75) is 58.1 Å². The van der Waals surface area contributed by atoms with E-state index in [2.05, 4.69) is 6.92 Å². The zero-order valence-corrected chi connectivity index (χ0v) is 13.1. The van der Waals surface area contributed by atoms with E-state index >= 15 is 0 Å². The first kappa shape index (κ1) is 17.0. The standard InChI is InChI=1S/C17H29NO2/c1-4-5-6-7-8-13-20-17(14(2)18)15-9-11-16(19-3)12-10-15/h9-12,14,17H,4-8,13,18H2,1-3H3. The molecule has 3 nitrogen and oxygen atoms in total. The normalized spacial score (nSPS) is 14.0. The third-order valence-electron chi connectivity index (χ3n) is 3.47. The van der Waals surface area contributed by atoms with Gasteiger partial charge < -0.3 is 15.2 Å². The number of benzene rings is 1. The molecule has 0 saturated carbocycles. The Morgan fingerprint density at radius 1 is 1.05 bits per heavy atom. The highest BCUT2D eigenvalue weighted by Gasteiger charge is 2.16. The minimum Gasteiger partial charge on any atom is -0.497 e. The van der Waals surface area contributed by atoms with Crippen LogP contribution in [0.4, 0.5) is 0 Å². The lowest BCUT2D eigenvalue weighted by Crippen LogP contribution is -2.27. The Hall–Kier alpha value is -1.06. The number of hydrogen-bond acceptors (Lipinski definition) is 3. The van der Waals surface area contributed by atoms with Gasteiger partial charge in [-0.25, -0.2) is 0 Å². The average Bonchev–Trinajstić information content (AvgIpc) is 2.46. The number of methoxy groups -OCH3 is 1. The van der Waals surface area contributed by atoms with Crippen LogP contribution in [0.5, 0.6) is 5.75 Å². The highest BCUT2D eigenvalue weighted by Crippen LogP contribution is 2.23. The zero-order valence-electron chi connectivity index (χ0n) is 13.1. The van der Waals surface area contributed by atoms with Crippen LogP contribution in [0.25, 0.3) is 0 Å². The van der Waals surface area contributed by atoms with Gasteiger partial charge in [0.25, 0.3) is 0 Å². The van der Waals surface area contributed by atoms with Gasteiger partial charge in [0.15, 0.2) is 0 Å². The number of nitrogens with two attached hydrogens (primary N) is 1. The lowest BCUT2D eigenvalue weighted by atomic mass is 10.0. The number of ether oxygens (including phenoxy) is 2. The van der Waals surface area contributed by atoms with Crippen molar-refractivity contribution in [2.75, 3.05) is 13.7 Å². The van der Waals surface area contributed by atoms with Crippen LogP contribution < -0.4 is 10.5 Å². The summed E-state index contributed by atoms with van der Waals surface area (Å²) in [6.07, 6.45) is 6.20. The molecule has 20 heavy (non-hydrogen) atoms. The van der Waals surface area contributed by atoms with E-state index in [4.69, 9.17) is 15.2 Å². The van der Waals surface area contributed by atoms with Gasteiger partial charge in [0.1, 0.15) is 5.75 Å². The van der Waals surface area contributed by atoms with Crippen LogP contribution >= 0.6 is 0 Å². The van der Waals surface area contributed by atoms with Crippen molar-refractivity contribution >= 4 is 0 Å². The molecular weight excluding hydrogens is 250 g/mol. The summed E-state index contributed by atoms with van der Waals surface area (Å²) < 4.78 is 11.2. The van der Waals surface area contributed by atoms with E-state index in [9.17, 15) is 0 Å². The SMILES string of the molecule is CCCCCCCOC(c1ccc(OC)cc1)C(C)N. The largest absolute Gasteiger partial charge is 0.497 e. The van der Waals surface area contributed by atoms with Crippen LogP contribution in [0, 0.1) is 0 Å². The summed E-state index contributed by atoms with van der Waals surface area (Å²) in [6, 6.07) is 7.96. The summed E-state index contributed by atoms with van der Waals surface area (Å²) in [6.45, 7) is 5.00. The van der Waals surface area contributed by atoms with Gasteiger partial charge >= 0.3 is 0 Å². The molecule has 0 amide bonds. The maximum Gasteiger partial charge on any atom is 0.118 e. The van der Waals surface area contributed by atoms with Crippen molar-refractivity contribution in [3.63, 3.8) is 0 Å². The maximum absolute atomic E-state index is 6.05. The van der Waals surface area contributed by atoms with Crippen molar-refractivity contribution in [1.82, 2.24) is 0 Å². The summed E-state index contributed by atoms with van der Waals surface area (Å²) in [5.41, 5.74) is 7.17. The van der Waals surface area contributed by atoms with Gasteiger partial charge in [-0.15, -0.1) is 0 Å². The predicted molar refractivity (Wildman–Crippen MR) is 84.1 cm³/mol. The van der Waals surface area contributed by atoms with Gasteiger partial charge in [-0.05, 0) is 31.0 Å². The van der Waals surface area contributed by atoms with Crippen LogP contribution in [0.1, 0.15) is 57.6 Å². The third-order valence-corrected chi connectivity index (χ3v) is 3.47. The van der Waals surface area contributed by atoms with E-state index in [1.165, 1.54) is 25.7 Å². The minimum absolute atomic E-state index is 0.0148. The molecule has 1 aromatic rings. The van der Waals surface area contributed by atoms with Crippen molar-refractivity contribution in [2.24, 2.45) is 5.73 Å². The summed E-state index contributed by atoms with van der Waals surface area (Å²) in [4.78, 5) is 0. The van der Waals surface area contributed by atoms with Crippen molar-refractivity contribution in [1.29, 1.82) is 0 Å². The van der Waals surface area contributed by atoms with Crippen molar-refractivity contribution < 1.29 is 9.47 Å². The maximum atomic E-state index is 6.05. The lowest BCUT2D eigenvalue weighted by Gasteiger charge is -2.22. The molecule has 0 aliphatic heterocycles. The fraction of sp³-hybridized carbons (Fsp3) is 0.647. The first-order valence-corrected chi connectivity index (χ1v) is 7.70. The Balaban J connectivity index is 2.43. The predicted octanol–water partition coefficient (Wildman–Crippen LogP) is 4.07. The molecule has 2 N–H and O–H groups in total. The van der Waals surface area contributed by atoms with E-state index in [1.807, 2.05) is 31.2 Å². The Morgan fingerprint density at radius 2 is 1.70 bits per heavy atom. The molecule has 3 heteroatoms. The topological polar surface area (TPSA) is 44.5 Å². The van der Waals surface area contributed by atoms with Crippen LogP contribution in [0.15, 0.2) is 24.3 Å². The molecule has 0 aliphatic rings. The summed E-state index contributed by atoms with van der Waals surface area (Å²) in [5, 5.41) is 0. The molecule has 0 aromatic heterocycles. The van der Waals surface area contributed by atoms with E-state index in [0.29, 0.717) is 0 Å². The quantitative estimate of drug-likeness (QED) is 0.657. The number of rotatable bonds is 10. The van der Waals surface area contributed by atoms with Crippen molar-refractivity contribution in [3.8, 4) is 5.75 Å².